The maximum Gasteiger partial charge on any atom is 0.255 e. The number of nitrogens with one attached hydrogen (secondary N) is 2. The maximum atomic E-state index is 13.0. The highest BCUT2D eigenvalue weighted by molar-refractivity contribution is 6.00. The first-order valence-corrected chi connectivity index (χ1v) is 9.83. The molecule has 0 unspecified atom stereocenters. The van der Waals surface area contributed by atoms with Crippen LogP contribution in [-0.4, -0.2) is 45.9 Å². The van der Waals surface area contributed by atoms with E-state index in [0.717, 1.165) is 17.0 Å². The molecule has 0 saturated heterocycles. The van der Waals surface area contributed by atoms with E-state index in [9.17, 15) is 4.79 Å². The minimum atomic E-state index is -0.205. The average molecular weight is 414 g/mol. The third-order valence-corrected chi connectivity index (χ3v) is 4.60. The molecule has 0 atom stereocenters. The Kier molecular flexibility index (Phi) is 6.18. The standard InChI is InChI=1S/C23H22N6O2/c1-31-19-10-8-17(9-11-19)21-20(16-29(28-21)18-6-3-2-4-7-18)22(30)24-14-15-27-23-25-12-5-13-26-23/h2-13,16H,14-15H2,1H3,(H,24,30)(H,25,26,27). The molecule has 8 nitrogen and oxygen atoms in total. The molecule has 2 N–H and O–H groups in total. The van der Waals surface area contributed by atoms with Gasteiger partial charge in [-0.1, -0.05) is 18.2 Å². The summed E-state index contributed by atoms with van der Waals surface area (Å²) in [5, 5.41) is 10.7. The van der Waals surface area contributed by atoms with Crippen LogP contribution in [0.1, 0.15) is 10.4 Å². The fourth-order valence-corrected chi connectivity index (χ4v) is 3.05. The van der Waals surface area contributed by atoms with Gasteiger partial charge < -0.3 is 15.4 Å². The number of benzene rings is 2. The molecule has 4 aromatic rings. The van der Waals surface area contributed by atoms with Gasteiger partial charge in [-0.25, -0.2) is 14.6 Å². The van der Waals surface area contributed by atoms with Crippen molar-refractivity contribution in [3.63, 3.8) is 0 Å². The summed E-state index contributed by atoms with van der Waals surface area (Å²) in [7, 11) is 1.62. The van der Waals surface area contributed by atoms with Gasteiger partial charge in [0.05, 0.1) is 18.4 Å². The quantitative estimate of drug-likeness (QED) is 0.430. The van der Waals surface area contributed by atoms with Gasteiger partial charge in [-0.15, -0.1) is 0 Å². The van der Waals surface area contributed by atoms with Crippen molar-refractivity contribution in [2.75, 3.05) is 25.5 Å². The van der Waals surface area contributed by atoms with Crippen LogP contribution in [0.25, 0.3) is 16.9 Å². The Labute approximate surface area is 179 Å². The van der Waals surface area contributed by atoms with Gasteiger partial charge in [0.1, 0.15) is 11.4 Å². The highest BCUT2D eigenvalue weighted by Crippen LogP contribution is 2.25. The van der Waals surface area contributed by atoms with E-state index in [-0.39, 0.29) is 5.91 Å². The molecule has 0 fully saturated rings. The van der Waals surface area contributed by atoms with Crippen molar-refractivity contribution in [2.45, 2.75) is 0 Å². The number of methoxy groups -OCH3 is 1. The lowest BCUT2D eigenvalue weighted by molar-refractivity contribution is 0.0956. The van der Waals surface area contributed by atoms with Gasteiger partial charge in [-0.3, -0.25) is 4.79 Å². The predicted octanol–water partition coefficient (Wildman–Crippen LogP) is 3.18. The molecule has 156 valence electrons. The van der Waals surface area contributed by atoms with Gasteiger partial charge in [0.15, 0.2) is 0 Å². The second-order valence-corrected chi connectivity index (χ2v) is 6.66. The van der Waals surface area contributed by atoms with Crippen molar-refractivity contribution >= 4 is 11.9 Å². The third-order valence-electron chi connectivity index (χ3n) is 4.60. The van der Waals surface area contributed by atoms with E-state index < -0.39 is 0 Å². The van der Waals surface area contributed by atoms with E-state index >= 15 is 0 Å². The Bertz CT molecular complexity index is 1130. The second kappa shape index (κ2) is 9.53. The molecule has 0 saturated carbocycles. The zero-order valence-corrected chi connectivity index (χ0v) is 17.0. The molecular formula is C23H22N6O2. The highest BCUT2D eigenvalue weighted by Gasteiger charge is 2.18. The van der Waals surface area contributed by atoms with Gasteiger partial charge in [-0.2, -0.15) is 5.10 Å². The highest BCUT2D eigenvalue weighted by atomic mass is 16.5. The SMILES string of the molecule is COc1ccc(-c2nn(-c3ccccc3)cc2C(=O)NCCNc2ncccn2)cc1. The molecule has 4 rings (SSSR count). The molecule has 8 heteroatoms. The molecule has 0 aliphatic heterocycles. The molecule has 0 aliphatic rings. The minimum Gasteiger partial charge on any atom is -0.497 e. The maximum absolute atomic E-state index is 13.0. The van der Waals surface area contributed by atoms with Crippen LogP contribution in [0.3, 0.4) is 0 Å². The van der Waals surface area contributed by atoms with E-state index in [4.69, 9.17) is 4.74 Å². The van der Waals surface area contributed by atoms with Crippen LogP contribution in [0, 0.1) is 0 Å². The first kappa shape index (κ1) is 20.1. The smallest absolute Gasteiger partial charge is 0.255 e. The summed E-state index contributed by atoms with van der Waals surface area (Å²) in [5.41, 5.74) is 2.80. The van der Waals surface area contributed by atoms with E-state index in [1.54, 1.807) is 36.4 Å². The van der Waals surface area contributed by atoms with Crippen molar-refractivity contribution in [1.29, 1.82) is 0 Å². The fraction of sp³-hybridized carbons (Fsp3) is 0.130. The van der Waals surface area contributed by atoms with Crippen molar-refractivity contribution in [1.82, 2.24) is 25.1 Å². The van der Waals surface area contributed by atoms with Crippen molar-refractivity contribution < 1.29 is 9.53 Å². The first-order valence-electron chi connectivity index (χ1n) is 9.83. The van der Waals surface area contributed by atoms with Crippen LogP contribution in [0.2, 0.25) is 0 Å². The summed E-state index contributed by atoms with van der Waals surface area (Å²) in [4.78, 5) is 21.2. The lowest BCUT2D eigenvalue weighted by Gasteiger charge is -2.07. The summed E-state index contributed by atoms with van der Waals surface area (Å²) in [6, 6.07) is 18.9. The summed E-state index contributed by atoms with van der Waals surface area (Å²) in [5.74, 6) is 1.06. The first-order chi connectivity index (χ1) is 15.2. The van der Waals surface area contributed by atoms with E-state index in [1.807, 2.05) is 54.6 Å². The number of ether oxygens (including phenoxy) is 1. The van der Waals surface area contributed by atoms with E-state index in [0.29, 0.717) is 30.3 Å². The number of hydrogen-bond donors (Lipinski definition) is 2. The lowest BCUT2D eigenvalue weighted by Crippen LogP contribution is -2.29. The molecule has 31 heavy (non-hydrogen) atoms. The van der Waals surface area contributed by atoms with Crippen LogP contribution in [0.4, 0.5) is 5.95 Å². The number of hydrogen-bond acceptors (Lipinski definition) is 6. The topological polar surface area (TPSA) is 94.0 Å². The van der Waals surface area contributed by atoms with Crippen LogP contribution < -0.4 is 15.4 Å². The molecule has 0 bridgehead atoms. The number of aromatic nitrogens is 4. The van der Waals surface area contributed by atoms with Gasteiger partial charge in [0, 0.05) is 37.2 Å². The van der Waals surface area contributed by atoms with E-state index in [2.05, 4.69) is 25.7 Å². The Hall–Kier alpha value is -4.20. The zero-order valence-electron chi connectivity index (χ0n) is 17.0. The number of para-hydroxylation sites is 1. The van der Waals surface area contributed by atoms with Crippen LogP contribution in [0.15, 0.2) is 79.3 Å². The van der Waals surface area contributed by atoms with Gasteiger partial charge in [-0.05, 0) is 42.5 Å². The molecule has 0 aliphatic carbocycles. The van der Waals surface area contributed by atoms with Crippen molar-refractivity contribution in [3.8, 4) is 22.7 Å². The monoisotopic (exact) mass is 414 g/mol. The zero-order chi connectivity index (χ0) is 21.5. The van der Waals surface area contributed by atoms with Crippen LogP contribution >= 0.6 is 0 Å². The number of nitrogens with zero attached hydrogens (tertiary/aromatic N) is 4. The molecule has 0 radical (unpaired) electrons. The number of rotatable bonds is 8. The largest absolute Gasteiger partial charge is 0.497 e. The Morgan fingerprint density at radius 2 is 1.71 bits per heavy atom. The molecule has 1 amide bonds. The van der Waals surface area contributed by atoms with Crippen molar-refractivity contribution in [3.05, 3.63) is 84.8 Å². The Balaban J connectivity index is 1.54. The lowest BCUT2D eigenvalue weighted by atomic mass is 10.1. The molecule has 2 aromatic carbocycles. The Morgan fingerprint density at radius 1 is 0.968 bits per heavy atom. The number of anilines is 1. The van der Waals surface area contributed by atoms with Gasteiger partial charge in [0.2, 0.25) is 5.95 Å². The summed E-state index contributed by atoms with van der Waals surface area (Å²) in [6.07, 6.45) is 5.07. The van der Waals surface area contributed by atoms with Gasteiger partial charge in [0.25, 0.3) is 5.91 Å². The molecule has 0 spiro atoms. The Morgan fingerprint density at radius 3 is 2.42 bits per heavy atom. The molecule has 2 aromatic heterocycles. The summed E-state index contributed by atoms with van der Waals surface area (Å²) >= 11 is 0. The average Bonchev–Trinajstić information content (AvgIpc) is 3.29. The van der Waals surface area contributed by atoms with Crippen LogP contribution in [0.5, 0.6) is 5.75 Å². The predicted molar refractivity (Wildman–Crippen MR) is 118 cm³/mol. The number of carbonyl (C=O) groups is 1. The van der Waals surface area contributed by atoms with Crippen molar-refractivity contribution in [2.24, 2.45) is 0 Å². The molecular weight excluding hydrogens is 392 g/mol. The normalized spacial score (nSPS) is 10.5. The number of carbonyl (C=O) groups excluding carboxylic acids is 1. The second-order valence-electron chi connectivity index (χ2n) is 6.66. The fourth-order valence-electron chi connectivity index (χ4n) is 3.05. The van der Waals surface area contributed by atoms with Crippen LogP contribution in [-0.2, 0) is 0 Å². The van der Waals surface area contributed by atoms with E-state index in [1.165, 1.54) is 0 Å². The minimum absolute atomic E-state index is 0.205. The third kappa shape index (κ3) is 4.87. The summed E-state index contributed by atoms with van der Waals surface area (Å²) < 4.78 is 6.95. The summed E-state index contributed by atoms with van der Waals surface area (Å²) in [6.45, 7) is 0.913. The molecule has 2 heterocycles. The van der Waals surface area contributed by atoms with Gasteiger partial charge >= 0.3 is 0 Å². The number of amides is 1.